The maximum atomic E-state index is 11.8. The largest absolute Gasteiger partial charge is 0.422 e. The zero-order chi connectivity index (χ0) is 13.1. The van der Waals surface area contributed by atoms with Crippen molar-refractivity contribution >= 4 is 16.9 Å². The lowest BCUT2D eigenvalue weighted by Crippen LogP contribution is -2.37. The van der Waals surface area contributed by atoms with Gasteiger partial charge in [-0.2, -0.15) is 0 Å². The van der Waals surface area contributed by atoms with Gasteiger partial charge in [-0.05, 0) is 19.1 Å². The molecule has 2 N–H and O–H groups in total. The highest BCUT2D eigenvalue weighted by atomic mass is 16.4. The van der Waals surface area contributed by atoms with E-state index in [2.05, 4.69) is 5.32 Å². The molecule has 1 amide bonds. The van der Waals surface area contributed by atoms with Crippen molar-refractivity contribution in [1.29, 1.82) is 0 Å². The second-order valence-corrected chi connectivity index (χ2v) is 4.04. The fourth-order valence-corrected chi connectivity index (χ4v) is 1.57. The van der Waals surface area contributed by atoms with Gasteiger partial charge in [0.15, 0.2) is 0 Å². The van der Waals surface area contributed by atoms with E-state index in [0.717, 1.165) is 0 Å². The number of hydrogen-bond acceptors (Lipinski definition) is 4. The predicted octanol–water partition coefficient (Wildman–Crippen LogP) is 0.904. The summed E-state index contributed by atoms with van der Waals surface area (Å²) in [7, 11) is 0. The first-order chi connectivity index (χ1) is 8.61. The van der Waals surface area contributed by atoms with E-state index < -0.39 is 17.6 Å². The highest BCUT2D eigenvalue weighted by Gasteiger charge is 2.15. The lowest BCUT2D eigenvalue weighted by molar-refractivity contribution is 0.0919. The van der Waals surface area contributed by atoms with Crippen LogP contribution in [0.1, 0.15) is 17.3 Å². The molecule has 0 fully saturated rings. The summed E-state index contributed by atoms with van der Waals surface area (Å²) in [5.41, 5.74) is -0.306. The molecular formula is C13H13NO4. The standard InChI is InChI=1S/C13H13NO4/c1-8(7-15)14-12(16)10-6-9-4-2-3-5-11(9)18-13(10)17/h2-6,8,15H,7H2,1H3,(H,14,16). The van der Waals surface area contributed by atoms with E-state index in [4.69, 9.17) is 9.52 Å². The van der Waals surface area contributed by atoms with Crippen molar-refractivity contribution in [1.82, 2.24) is 5.32 Å². The van der Waals surface area contributed by atoms with E-state index in [1.54, 1.807) is 31.2 Å². The van der Waals surface area contributed by atoms with E-state index in [1.807, 2.05) is 0 Å². The van der Waals surface area contributed by atoms with Crippen LogP contribution < -0.4 is 10.9 Å². The number of amides is 1. The monoisotopic (exact) mass is 247 g/mol. The summed E-state index contributed by atoms with van der Waals surface area (Å²) in [6.07, 6.45) is 0. The Morgan fingerprint density at radius 3 is 2.89 bits per heavy atom. The molecule has 1 heterocycles. The maximum absolute atomic E-state index is 11.8. The van der Waals surface area contributed by atoms with Gasteiger partial charge in [0.1, 0.15) is 11.1 Å². The molecule has 2 rings (SSSR count). The second-order valence-electron chi connectivity index (χ2n) is 4.04. The van der Waals surface area contributed by atoms with Crippen molar-refractivity contribution in [3.8, 4) is 0 Å². The molecule has 94 valence electrons. The number of hydrogen-bond donors (Lipinski definition) is 2. The molecule has 0 spiro atoms. The Morgan fingerprint density at radius 1 is 1.44 bits per heavy atom. The van der Waals surface area contributed by atoms with Crippen LogP contribution in [-0.4, -0.2) is 23.7 Å². The fourth-order valence-electron chi connectivity index (χ4n) is 1.57. The molecule has 0 aliphatic carbocycles. The Hall–Kier alpha value is -2.14. The Labute approximate surface area is 103 Å². The van der Waals surface area contributed by atoms with Crippen LogP contribution in [0.3, 0.4) is 0 Å². The number of benzene rings is 1. The van der Waals surface area contributed by atoms with Crippen molar-refractivity contribution in [2.45, 2.75) is 13.0 Å². The molecule has 0 bridgehead atoms. The summed E-state index contributed by atoms with van der Waals surface area (Å²) in [5.74, 6) is -0.545. The molecule has 1 aromatic carbocycles. The lowest BCUT2D eigenvalue weighted by Gasteiger charge is -2.10. The Morgan fingerprint density at radius 2 is 2.17 bits per heavy atom. The summed E-state index contributed by atoms with van der Waals surface area (Å²) in [5, 5.41) is 12.0. The van der Waals surface area contributed by atoms with Gasteiger partial charge < -0.3 is 14.8 Å². The molecule has 0 saturated heterocycles. The number of fused-ring (bicyclic) bond motifs is 1. The van der Waals surface area contributed by atoms with Gasteiger partial charge in [-0.15, -0.1) is 0 Å². The summed E-state index contributed by atoms with van der Waals surface area (Å²) < 4.78 is 5.05. The first kappa shape index (κ1) is 12.3. The summed E-state index contributed by atoms with van der Waals surface area (Å²) in [4.78, 5) is 23.5. The second kappa shape index (κ2) is 5.01. The van der Waals surface area contributed by atoms with E-state index in [9.17, 15) is 9.59 Å². The molecule has 1 aromatic heterocycles. The van der Waals surface area contributed by atoms with Gasteiger partial charge in [0.25, 0.3) is 5.91 Å². The summed E-state index contributed by atoms with van der Waals surface area (Å²) in [6, 6.07) is 8.03. The normalized spacial score (nSPS) is 12.3. The number of carbonyl (C=O) groups excluding carboxylic acids is 1. The summed E-state index contributed by atoms with van der Waals surface area (Å²) >= 11 is 0. The van der Waals surface area contributed by atoms with E-state index in [-0.39, 0.29) is 12.2 Å². The van der Waals surface area contributed by atoms with Crippen LogP contribution in [0.25, 0.3) is 11.0 Å². The topological polar surface area (TPSA) is 79.5 Å². The summed E-state index contributed by atoms with van der Waals surface area (Å²) in [6.45, 7) is 1.45. The van der Waals surface area contributed by atoms with E-state index in [0.29, 0.717) is 11.0 Å². The van der Waals surface area contributed by atoms with Gasteiger partial charge in [0.05, 0.1) is 6.61 Å². The highest BCUT2D eigenvalue weighted by Crippen LogP contribution is 2.12. The zero-order valence-corrected chi connectivity index (χ0v) is 9.84. The number of para-hydroxylation sites is 1. The third kappa shape index (κ3) is 2.41. The van der Waals surface area contributed by atoms with E-state index in [1.165, 1.54) is 6.07 Å². The molecule has 1 atom stereocenters. The minimum Gasteiger partial charge on any atom is -0.422 e. The van der Waals surface area contributed by atoms with Crippen molar-refractivity contribution in [3.05, 3.63) is 46.3 Å². The SMILES string of the molecule is CC(CO)NC(=O)c1cc2ccccc2oc1=O. The van der Waals surface area contributed by atoms with Gasteiger partial charge in [0, 0.05) is 11.4 Å². The first-order valence-electron chi connectivity index (χ1n) is 5.56. The molecule has 0 aliphatic heterocycles. The average Bonchev–Trinajstić information content (AvgIpc) is 2.37. The van der Waals surface area contributed by atoms with Crippen molar-refractivity contribution in [3.63, 3.8) is 0 Å². The third-order valence-corrected chi connectivity index (χ3v) is 2.54. The number of aliphatic hydroxyl groups is 1. The molecule has 0 aliphatic rings. The van der Waals surface area contributed by atoms with Crippen molar-refractivity contribution in [2.24, 2.45) is 0 Å². The Bertz CT molecular complexity index is 632. The number of rotatable bonds is 3. The molecular weight excluding hydrogens is 234 g/mol. The fraction of sp³-hybridized carbons (Fsp3) is 0.231. The quantitative estimate of drug-likeness (QED) is 0.790. The van der Waals surface area contributed by atoms with Gasteiger partial charge >= 0.3 is 5.63 Å². The van der Waals surface area contributed by atoms with Crippen LogP contribution in [0.2, 0.25) is 0 Å². The molecule has 0 saturated carbocycles. The third-order valence-electron chi connectivity index (χ3n) is 2.54. The van der Waals surface area contributed by atoms with Crippen LogP contribution in [-0.2, 0) is 0 Å². The van der Waals surface area contributed by atoms with Crippen LogP contribution in [0.4, 0.5) is 0 Å². The highest BCUT2D eigenvalue weighted by molar-refractivity contribution is 5.96. The predicted molar refractivity (Wildman–Crippen MR) is 66.5 cm³/mol. The van der Waals surface area contributed by atoms with Crippen LogP contribution in [0.15, 0.2) is 39.5 Å². The molecule has 2 aromatic rings. The minimum absolute atomic E-state index is 0.0611. The van der Waals surface area contributed by atoms with Crippen LogP contribution >= 0.6 is 0 Å². The smallest absolute Gasteiger partial charge is 0.349 e. The number of carbonyl (C=O) groups is 1. The molecule has 5 nitrogen and oxygen atoms in total. The molecule has 18 heavy (non-hydrogen) atoms. The number of nitrogens with one attached hydrogen (secondary N) is 1. The zero-order valence-electron chi connectivity index (χ0n) is 9.84. The van der Waals surface area contributed by atoms with Crippen LogP contribution in [0.5, 0.6) is 0 Å². The number of aliphatic hydroxyl groups excluding tert-OH is 1. The van der Waals surface area contributed by atoms with E-state index >= 15 is 0 Å². The lowest BCUT2D eigenvalue weighted by atomic mass is 10.1. The average molecular weight is 247 g/mol. The first-order valence-corrected chi connectivity index (χ1v) is 5.56. The molecule has 5 heteroatoms. The van der Waals surface area contributed by atoms with Gasteiger partial charge in [-0.3, -0.25) is 4.79 Å². The minimum atomic E-state index is -0.684. The maximum Gasteiger partial charge on any atom is 0.349 e. The van der Waals surface area contributed by atoms with Gasteiger partial charge in [-0.1, -0.05) is 18.2 Å². The van der Waals surface area contributed by atoms with Gasteiger partial charge in [0.2, 0.25) is 0 Å². The van der Waals surface area contributed by atoms with Crippen molar-refractivity contribution in [2.75, 3.05) is 6.61 Å². The van der Waals surface area contributed by atoms with Gasteiger partial charge in [-0.25, -0.2) is 4.79 Å². The molecule has 0 radical (unpaired) electrons. The molecule has 1 unspecified atom stereocenters. The Balaban J connectivity index is 2.42. The van der Waals surface area contributed by atoms with Crippen molar-refractivity contribution < 1.29 is 14.3 Å². The Kier molecular flexibility index (Phi) is 3.43. The van der Waals surface area contributed by atoms with Crippen LogP contribution in [0, 0.1) is 0 Å².